The van der Waals surface area contributed by atoms with Gasteiger partial charge in [0.2, 0.25) is 0 Å². The molecule has 3 N–H and O–H groups in total. The van der Waals surface area contributed by atoms with Gasteiger partial charge in [-0.2, -0.15) is 0 Å². The van der Waals surface area contributed by atoms with E-state index in [9.17, 15) is 9.59 Å². The molecule has 1 amide bonds. The van der Waals surface area contributed by atoms with Gasteiger partial charge < -0.3 is 9.84 Å². The molecule has 6 heteroatoms. The van der Waals surface area contributed by atoms with Crippen molar-refractivity contribution in [3.05, 3.63) is 35.9 Å². The summed E-state index contributed by atoms with van der Waals surface area (Å²) in [5.41, 5.74) is 0.633. The van der Waals surface area contributed by atoms with E-state index < -0.39 is 6.09 Å². The summed E-state index contributed by atoms with van der Waals surface area (Å²) in [6, 6.07) is 8.31. The first-order chi connectivity index (χ1) is 9.43. The van der Waals surface area contributed by atoms with Crippen LogP contribution in [0.1, 0.15) is 17.3 Å². The molecular weight excluding hydrogens is 260 g/mol. The molecule has 0 saturated carbocycles. The van der Waals surface area contributed by atoms with Gasteiger partial charge in [0.15, 0.2) is 5.78 Å². The van der Waals surface area contributed by atoms with Crippen LogP contribution in [0.15, 0.2) is 30.3 Å². The van der Waals surface area contributed by atoms with Crippen LogP contribution >= 0.6 is 0 Å². The Morgan fingerprint density at radius 2 is 1.95 bits per heavy atom. The summed E-state index contributed by atoms with van der Waals surface area (Å²) in [5, 5.41) is 10.9. The normalized spacial score (nSPS) is 10.3. The maximum atomic E-state index is 11.5. The molecule has 0 aliphatic carbocycles. The van der Waals surface area contributed by atoms with Crippen LogP contribution in [0, 0.1) is 0 Å². The van der Waals surface area contributed by atoms with E-state index in [0.717, 1.165) is 0 Å². The van der Waals surface area contributed by atoms with Crippen LogP contribution in [0.3, 0.4) is 0 Å². The van der Waals surface area contributed by atoms with Gasteiger partial charge in [0, 0.05) is 10.9 Å². The number of carboxylic acid groups (broad SMARTS) is 1. The smallest absolute Gasteiger partial charge is 0.426 e. The van der Waals surface area contributed by atoms with Gasteiger partial charge >= 0.3 is 6.09 Å². The van der Waals surface area contributed by atoms with Crippen LogP contribution in [0.5, 0.6) is 5.75 Å². The Morgan fingerprint density at radius 1 is 1.25 bits per heavy atom. The summed E-state index contributed by atoms with van der Waals surface area (Å²) < 4.78 is 5.12. The Bertz CT molecular complexity index is 697. The highest BCUT2D eigenvalue weighted by atomic mass is 16.5. The minimum Gasteiger partial charge on any atom is -0.497 e. The highest BCUT2D eigenvalue weighted by Gasteiger charge is 2.16. The number of nitrogens with two attached hydrogens (primary N) is 1. The van der Waals surface area contributed by atoms with Gasteiger partial charge in [-0.1, -0.05) is 6.07 Å². The number of amides is 1. The summed E-state index contributed by atoms with van der Waals surface area (Å²) in [4.78, 5) is 22.6. The quantitative estimate of drug-likeness (QED) is 0.388. The average molecular weight is 274 g/mol. The lowest BCUT2D eigenvalue weighted by atomic mass is 10.0. The predicted molar refractivity (Wildman–Crippen MR) is 75.2 cm³/mol. The van der Waals surface area contributed by atoms with Crippen molar-refractivity contribution in [3.8, 4) is 5.75 Å². The number of ether oxygens (including phenoxy) is 1. The van der Waals surface area contributed by atoms with Crippen molar-refractivity contribution in [2.75, 3.05) is 12.1 Å². The first kappa shape index (κ1) is 13.8. The molecule has 2 aromatic rings. The van der Waals surface area contributed by atoms with E-state index in [1.807, 2.05) is 0 Å². The summed E-state index contributed by atoms with van der Waals surface area (Å²) in [6.07, 6.45) is -1.31. The van der Waals surface area contributed by atoms with Gasteiger partial charge in [-0.05, 0) is 36.6 Å². The van der Waals surface area contributed by atoms with Crippen LogP contribution in [0.25, 0.3) is 10.8 Å². The highest BCUT2D eigenvalue weighted by molar-refractivity contribution is 6.06. The molecule has 0 aliphatic rings. The van der Waals surface area contributed by atoms with Crippen molar-refractivity contribution in [1.82, 2.24) is 0 Å². The summed E-state index contributed by atoms with van der Waals surface area (Å²) in [5.74, 6) is 5.96. The molecule has 0 heterocycles. The van der Waals surface area contributed by atoms with E-state index in [2.05, 4.69) is 0 Å². The largest absolute Gasteiger partial charge is 0.497 e. The van der Waals surface area contributed by atoms with E-state index in [4.69, 9.17) is 15.7 Å². The fourth-order valence-electron chi connectivity index (χ4n) is 1.95. The number of carbonyl (C=O) groups is 2. The number of ketones is 1. The molecule has 0 spiro atoms. The monoisotopic (exact) mass is 274 g/mol. The number of nitrogens with zero attached hydrogens (tertiary/aromatic N) is 1. The van der Waals surface area contributed by atoms with Gasteiger partial charge in [-0.25, -0.2) is 15.6 Å². The van der Waals surface area contributed by atoms with Crippen LogP contribution in [-0.2, 0) is 0 Å². The number of hydrazine groups is 1. The van der Waals surface area contributed by atoms with Crippen LogP contribution in [0.4, 0.5) is 10.5 Å². The molecule has 0 unspecified atom stereocenters. The lowest BCUT2D eigenvalue weighted by Crippen LogP contribution is -2.36. The number of methoxy groups -OCH3 is 1. The number of hydrogen-bond acceptors (Lipinski definition) is 4. The van der Waals surface area contributed by atoms with Crippen LogP contribution in [-0.4, -0.2) is 24.1 Å². The van der Waals surface area contributed by atoms with Crippen molar-refractivity contribution in [3.63, 3.8) is 0 Å². The fourth-order valence-corrected chi connectivity index (χ4v) is 1.95. The molecule has 0 bridgehead atoms. The predicted octanol–water partition coefficient (Wildman–Crippen LogP) is 2.41. The lowest BCUT2D eigenvalue weighted by molar-refractivity contribution is 0.101. The van der Waals surface area contributed by atoms with Crippen molar-refractivity contribution in [2.24, 2.45) is 5.84 Å². The zero-order valence-corrected chi connectivity index (χ0v) is 11.1. The average Bonchev–Trinajstić information content (AvgIpc) is 2.44. The lowest BCUT2D eigenvalue weighted by Gasteiger charge is -2.17. The minimum atomic E-state index is -1.31. The third-order valence-electron chi connectivity index (χ3n) is 3.01. The molecule has 104 valence electrons. The minimum absolute atomic E-state index is 0.164. The maximum Gasteiger partial charge on any atom is 0.426 e. The Kier molecular flexibility index (Phi) is 3.58. The summed E-state index contributed by atoms with van der Waals surface area (Å²) >= 11 is 0. The van der Waals surface area contributed by atoms with Gasteiger partial charge in [0.25, 0.3) is 0 Å². The molecule has 0 atom stereocenters. The zero-order chi connectivity index (χ0) is 14.9. The molecule has 0 aliphatic heterocycles. The zero-order valence-electron chi connectivity index (χ0n) is 11.1. The number of benzene rings is 2. The standard InChI is InChI=1S/C14H14N2O4/c1-8(17)10-5-9-3-4-11(20-2)7-12(9)13(6-10)16(15)14(18)19/h3-7H,15H2,1-2H3,(H,18,19). The van der Waals surface area contributed by atoms with Gasteiger partial charge in [0.05, 0.1) is 12.8 Å². The molecule has 0 radical (unpaired) electrons. The number of rotatable bonds is 3. The number of fused-ring (bicyclic) bond motifs is 1. The topological polar surface area (TPSA) is 92.9 Å². The van der Waals surface area contributed by atoms with Gasteiger partial charge in [-0.3, -0.25) is 4.79 Å². The Labute approximate surface area is 115 Å². The Hall–Kier alpha value is -2.60. The molecule has 0 saturated heterocycles. The molecule has 6 nitrogen and oxygen atoms in total. The second-order valence-corrected chi connectivity index (χ2v) is 4.29. The SMILES string of the molecule is COc1ccc2cc(C(C)=O)cc(N(N)C(=O)O)c2c1. The van der Waals surface area contributed by atoms with Crippen LogP contribution < -0.4 is 15.6 Å². The van der Waals surface area contributed by atoms with Crippen molar-refractivity contribution in [1.29, 1.82) is 0 Å². The maximum absolute atomic E-state index is 11.5. The fraction of sp³-hybridized carbons (Fsp3) is 0.143. The van der Waals surface area contributed by atoms with Crippen molar-refractivity contribution in [2.45, 2.75) is 6.92 Å². The Balaban J connectivity index is 2.78. The number of anilines is 1. The van der Waals surface area contributed by atoms with E-state index in [-0.39, 0.29) is 11.5 Å². The third kappa shape index (κ3) is 2.41. The second-order valence-electron chi connectivity index (χ2n) is 4.29. The molecule has 0 fully saturated rings. The summed E-state index contributed by atoms with van der Waals surface area (Å²) in [6.45, 7) is 1.41. The van der Waals surface area contributed by atoms with Crippen LogP contribution in [0.2, 0.25) is 0 Å². The molecule has 2 aromatic carbocycles. The molecule has 2 rings (SSSR count). The summed E-state index contributed by atoms with van der Waals surface area (Å²) in [7, 11) is 1.52. The number of carbonyl (C=O) groups excluding carboxylic acids is 1. The van der Waals surface area contributed by atoms with E-state index in [1.54, 1.807) is 24.3 Å². The van der Waals surface area contributed by atoms with E-state index in [1.165, 1.54) is 20.1 Å². The first-order valence-corrected chi connectivity index (χ1v) is 5.84. The first-order valence-electron chi connectivity index (χ1n) is 5.84. The van der Waals surface area contributed by atoms with Gasteiger partial charge in [0.1, 0.15) is 5.75 Å². The van der Waals surface area contributed by atoms with Gasteiger partial charge in [-0.15, -0.1) is 0 Å². The molecule has 20 heavy (non-hydrogen) atoms. The highest BCUT2D eigenvalue weighted by Crippen LogP contribution is 2.31. The Morgan fingerprint density at radius 3 is 2.50 bits per heavy atom. The number of hydrogen-bond donors (Lipinski definition) is 2. The van der Waals surface area contributed by atoms with E-state index >= 15 is 0 Å². The number of Topliss-reactive ketones (excluding diaryl/α,β-unsaturated/α-hetero) is 1. The molecular formula is C14H14N2O4. The van der Waals surface area contributed by atoms with Crippen molar-refractivity contribution >= 4 is 28.3 Å². The molecule has 0 aromatic heterocycles. The van der Waals surface area contributed by atoms with Crippen molar-refractivity contribution < 1.29 is 19.4 Å². The third-order valence-corrected chi connectivity index (χ3v) is 3.01. The van der Waals surface area contributed by atoms with E-state index in [0.29, 0.717) is 27.1 Å². The second kappa shape index (κ2) is 5.18.